The minimum Gasteiger partial charge on any atom is -0.360 e. The highest BCUT2D eigenvalue weighted by Gasteiger charge is 2.14. The van der Waals surface area contributed by atoms with Gasteiger partial charge in [0.15, 0.2) is 0 Å². The van der Waals surface area contributed by atoms with E-state index >= 15 is 0 Å². The fourth-order valence-electron chi connectivity index (χ4n) is 2.37. The zero-order valence-corrected chi connectivity index (χ0v) is 14.7. The maximum atomic E-state index is 13.2. The van der Waals surface area contributed by atoms with Crippen molar-refractivity contribution in [2.24, 2.45) is 0 Å². The van der Waals surface area contributed by atoms with Gasteiger partial charge in [0.25, 0.3) is 5.91 Å². The molecule has 4 nitrogen and oxygen atoms in total. The molecule has 0 bridgehead atoms. The van der Waals surface area contributed by atoms with Crippen molar-refractivity contribution < 1.29 is 13.7 Å². The number of rotatable bonds is 5. The van der Waals surface area contributed by atoms with Crippen LogP contribution in [0.25, 0.3) is 0 Å². The summed E-state index contributed by atoms with van der Waals surface area (Å²) in [7, 11) is 0. The van der Waals surface area contributed by atoms with E-state index in [0.29, 0.717) is 22.6 Å². The normalized spacial score (nSPS) is 10.7. The van der Waals surface area contributed by atoms with Crippen LogP contribution in [0.4, 0.5) is 10.1 Å². The van der Waals surface area contributed by atoms with Gasteiger partial charge in [0.2, 0.25) is 0 Å². The van der Waals surface area contributed by atoms with Crippen molar-refractivity contribution in [2.75, 3.05) is 5.32 Å². The van der Waals surface area contributed by atoms with E-state index in [4.69, 9.17) is 4.52 Å². The third kappa shape index (κ3) is 4.28. The van der Waals surface area contributed by atoms with Gasteiger partial charge in [-0.05, 0) is 49.7 Å². The van der Waals surface area contributed by atoms with Gasteiger partial charge in [-0.3, -0.25) is 4.79 Å². The number of hydrogen-bond donors (Lipinski definition) is 1. The number of nitrogens with zero attached hydrogens (tertiary/aromatic N) is 1. The summed E-state index contributed by atoms with van der Waals surface area (Å²) in [6, 6.07) is 13.5. The van der Waals surface area contributed by atoms with Gasteiger partial charge >= 0.3 is 0 Å². The smallest absolute Gasteiger partial charge is 0.256 e. The fourth-order valence-corrected chi connectivity index (χ4v) is 3.30. The lowest BCUT2D eigenvalue weighted by Gasteiger charge is -2.11. The first-order valence-corrected chi connectivity index (χ1v) is 8.73. The molecule has 1 aromatic heterocycles. The average molecular weight is 356 g/mol. The number of nitrogens with one attached hydrogen (secondary N) is 1. The van der Waals surface area contributed by atoms with Crippen molar-refractivity contribution in [1.82, 2.24) is 5.16 Å². The average Bonchev–Trinajstić information content (AvgIpc) is 3.01. The summed E-state index contributed by atoms with van der Waals surface area (Å²) in [5.41, 5.74) is 2.66. The quantitative estimate of drug-likeness (QED) is 0.656. The number of amides is 1. The molecule has 0 unspecified atom stereocenters. The highest BCUT2D eigenvalue weighted by Crippen LogP contribution is 2.27. The van der Waals surface area contributed by atoms with Crippen LogP contribution in [0.5, 0.6) is 0 Å². The van der Waals surface area contributed by atoms with E-state index < -0.39 is 0 Å². The lowest BCUT2D eigenvalue weighted by Crippen LogP contribution is -2.13. The molecule has 128 valence electrons. The van der Waals surface area contributed by atoms with Crippen LogP contribution in [-0.2, 0) is 5.75 Å². The Balaban J connectivity index is 1.76. The molecule has 0 radical (unpaired) electrons. The molecule has 0 atom stereocenters. The van der Waals surface area contributed by atoms with Crippen LogP contribution in [0.15, 0.2) is 57.9 Å². The largest absolute Gasteiger partial charge is 0.360 e. The second-order valence-electron chi connectivity index (χ2n) is 5.63. The Morgan fingerprint density at radius 2 is 2.00 bits per heavy atom. The Morgan fingerprint density at radius 3 is 2.72 bits per heavy atom. The van der Waals surface area contributed by atoms with E-state index in [9.17, 15) is 9.18 Å². The number of hydrogen-bond acceptors (Lipinski definition) is 4. The number of aromatic nitrogens is 1. The first-order valence-electron chi connectivity index (χ1n) is 7.74. The van der Waals surface area contributed by atoms with Crippen LogP contribution in [-0.4, -0.2) is 11.1 Å². The number of carbonyl (C=O) groups excluding carboxylic acids is 1. The molecule has 3 aromatic rings. The van der Waals surface area contributed by atoms with Crippen LogP contribution < -0.4 is 5.32 Å². The summed E-state index contributed by atoms with van der Waals surface area (Å²) in [6.45, 7) is 3.62. The summed E-state index contributed by atoms with van der Waals surface area (Å²) in [4.78, 5) is 13.5. The van der Waals surface area contributed by atoms with Gasteiger partial charge in [0, 0.05) is 16.6 Å². The van der Waals surface area contributed by atoms with E-state index in [2.05, 4.69) is 10.5 Å². The number of thioether (sulfide) groups is 1. The van der Waals surface area contributed by atoms with Crippen molar-refractivity contribution in [3.05, 3.63) is 76.9 Å². The molecule has 1 amide bonds. The molecule has 0 aliphatic carbocycles. The zero-order valence-electron chi connectivity index (χ0n) is 13.9. The molecule has 0 saturated carbocycles. The molecule has 0 saturated heterocycles. The number of anilines is 1. The van der Waals surface area contributed by atoms with Gasteiger partial charge in [-0.2, -0.15) is 0 Å². The van der Waals surface area contributed by atoms with Gasteiger partial charge < -0.3 is 9.84 Å². The summed E-state index contributed by atoms with van der Waals surface area (Å²) in [5.74, 6) is 0.785. The van der Waals surface area contributed by atoms with E-state index in [0.717, 1.165) is 16.3 Å². The predicted molar refractivity (Wildman–Crippen MR) is 96.3 cm³/mol. The number of carbonyl (C=O) groups is 1. The van der Waals surface area contributed by atoms with Gasteiger partial charge in [0.05, 0.1) is 17.0 Å². The molecule has 0 fully saturated rings. The molecular weight excluding hydrogens is 339 g/mol. The molecule has 0 aliphatic heterocycles. The summed E-state index contributed by atoms with van der Waals surface area (Å²) < 4.78 is 18.4. The summed E-state index contributed by atoms with van der Waals surface area (Å²) in [5, 5.41) is 6.70. The molecule has 2 aromatic carbocycles. The van der Waals surface area contributed by atoms with Crippen LogP contribution in [0.3, 0.4) is 0 Å². The van der Waals surface area contributed by atoms with E-state index in [1.165, 1.54) is 23.9 Å². The minimum absolute atomic E-state index is 0.230. The zero-order chi connectivity index (χ0) is 17.8. The summed E-state index contributed by atoms with van der Waals surface area (Å²) in [6.07, 6.45) is 0. The Morgan fingerprint density at radius 1 is 1.20 bits per heavy atom. The third-order valence-electron chi connectivity index (χ3n) is 3.62. The highest BCUT2D eigenvalue weighted by atomic mass is 32.2. The number of halogens is 1. The Bertz CT molecular complexity index is 908. The van der Waals surface area contributed by atoms with Gasteiger partial charge in [0.1, 0.15) is 11.6 Å². The Labute approximate surface area is 149 Å². The van der Waals surface area contributed by atoms with Crippen LogP contribution in [0, 0.1) is 19.7 Å². The topological polar surface area (TPSA) is 55.1 Å². The highest BCUT2D eigenvalue weighted by molar-refractivity contribution is 7.98. The van der Waals surface area contributed by atoms with Crippen molar-refractivity contribution in [3.8, 4) is 0 Å². The molecule has 1 N–H and O–H groups in total. The number of aryl methyl sites for hydroxylation is 2. The Kier molecular flexibility index (Phi) is 5.19. The van der Waals surface area contributed by atoms with E-state index in [1.807, 2.05) is 31.2 Å². The monoisotopic (exact) mass is 356 g/mol. The SMILES string of the molecule is Cc1cc(CSc2ccccc2C(=O)Nc2ccc(F)cc2C)on1. The molecule has 0 aliphatic rings. The van der Waals surface area contributed by atoms with E-state index in [-0.39, 0.29) is 11.7 Å². The van der Waals surface area contributed by atoms with Crippen molar-refractivity contribution in [1.29, 1.82) is 0 Å². The Hall–Kier alpha value is -2.60. The first-order chi connectivity index (χ1) is 12.0. The van der Waals surface area contributed by atoms with E-state index in [1.54, 1.807) is 19.1 Å². The lowest BCUT2D eigenvalue weighted by atomic mass is 10.1. The van der Waals surface area contributed by atoms with Crippen molar-refractivity contribution in [3.63, 3.8) is 0 Å². The summed E-state index contributed by atoms with van der Waals surface area (Å²) >= 11 is 1.50. The molecular formula is C19H17FN2O2S. The third-order valence-corrected chi connectivity index (χ3v) is 4.71. The van der Waals surface area contributed by atoms with Crippen LogP contribution >= 0.6 is 11.8 Å². The van der Waals surface area contributed by atoms with Crippen molar-refractivity contribution >= 4 is 23.4 Å². The van der Waals surface area contributed by atoms with Crippen LogP contribution in [0.1, 0.15) is 27.4 Å². The lowest BCUT2D eigenvalue weighted by molar-refractivity contribution is 0.102. The fraction of sp³-hybridized carbons (Fsp3) is 0.158. The second-order valence-corrected chi connectivity index (χ2v) is 6.65. The first kappa shape index (κ1) is 17.2. The molecule has 1 heterocycles. The van der Waals surface area contributed by atoms with Crippen molar-refractivity contribution in [2.45, 2.75) is 24.5 Å². The van der Waals surface area contributed by atoms with Gasteiger partial charge in [-0.1, -0.05) is 17.3 Å². The van der Waals surface area contributed by atoms with Crippen LogP contribution in [0.2, 0.25) is 0 Å². The maximum Gasteiger partial charge on any atom is 0.256 e. The van der Waals surface area contributed by atoms with Gasteiger partial charge in [-0.25, -0.2) is 4.39 Å². The maximum absolute atomic E-state index is 13.2. The number of benzene rings is 2. The standard InChI is InChI=1S/C19H17FN2O2S/c1-12-9-14(20)7-8-17(12)21-19(23)16-5-3-4-6-18(16)25-11-15-10-13(2)22-24-15/h3-10H,11H2,1-2H3,(H,21,23). The second kappa shape index (κ2) is 7.53. The molecule has 6 heteroatoms. The predicted octanol–water partition coefficient (Wildman–Crippen LogP) is 4.98. The van der Waals surface area contributed by atoms with Gasteiger partial charge in [-0.15, -0.1) is 11.8 Å². The minimum atomic E-state index is -0.325. The molecule has 3 rings (SSSR count). The molecule has 25 heavy (non-hydrogen) atoms. The molecule has 0 spiro atoms.